The van der Waals surface area contributed by atoms with Gasteiger partial charge in [-0.15, -0.1) is 0 Å². The molecule has 0 spiro atoms. The lowest BCUT2D eigenvalue weighted by atomic mass is 10.1. The summed E-state index contributed by atoms with van der Waals surface area (Å²) in [6.45, 7) is 1.98. The molecule has 3 atom stereocenters. The predicted molar refractivity (Wildman–Crippen MR) is 57.7 cm³/mol. The third kappa shape index (κ3) is 1.94. The van der Waals surface area contributed by atoms with Crippen LogP contribution in [0.15, 0.2) is 17.1 Å². The van der Waals surface area contributed by atoms with E-state index in [4.69, 9.17) is 10.5 Å². The largest absolute Gasteiger partial charge is 0.388 e. The van der Waals surface area contributed by atoms with Crippen LogP contribution in [0.2, 0.25) is 0 Å². The summed E-state index contributed by atoms with van der Waals surface area (Å²) in [5, 5.41) is 9.79. The number of aromatic nitrogens is 2. The molecule has 0 amide bonds. The van der Waals surface area contributed by atoms with Crippen molar-refractivity contribution in [2.24, 2.45) is 0 Å². The molecule has 2 heterocycles. The molecule has 6 heteroatoms. The van der Waals surface area contributed by atoms with Gasteiger partial charge in [-0.3, -0.25) is 4.57 Å². The van der Waals surface area contributed by atoms with E-state index in [1.54, 1.807) is 0 Å². The summed E-state index contributed by atoms with van der Waals surface area (Å²) in [7, 11) is 0. The quantitative estimate of drug-likeness (QED) is 0.732. The van der Waals surface area contributed by atoms with E-state index >= 15 is 0 Å². The summed E-state index contributed by atoms with van der Waals surface area (Å²) in [6.07, 6.45) is 1.52. The number of nitrogens with zero attached hydrogens (tertiary/aromatic N) is 2. The highest BCUT2D eigenvalue weighted by Gasteiger charge is 2.34. The van der Waals surface area contributed by atoms with E-state index in [9.17, 15) is 9.90 Å². The van der Waals surface area contributed by atoms with E-state index in [-0.39, 0.29) is 11.9 Å². The molecule has 1 saturated heterocycles. The second-order valence-corrected chi connectivity index (χ2v) is 3.90. The number of aliphatic hydroxyl groups is 1. The normalized spacial score (nSPS) is 29.5. The summed E-state index contributed by atoms with van der Waals surface area (Å²) in [4.78, 5) is 15.1. The Labute approximate surface area is 92.7 Å². The van der Waals surface area contributed by atoms with Crippen molar-refractivity contribution in [2.75, 3.05) is 5.73 Å². The third-order valence-electron chi connectivity index (χ3n) is 2.75. The molecule has 1 aliphatic rings. The lowest BCUT2D eigenvalue weighted by molar-refractivity contribution is -0.0403. The first kappa shape index (κ1) is 11.1. The zero-order valence-electron chi connectivity index (χ0n) is 9.04. The molecule has 0 aromatic carbocycles. The van der Waals surface area contributed by atoms with Gasteiger partial charge < -0.3 is 15.6 Å². The molecule has 0 radical (unpaired) electrons. The molecule has 0 saturated carbocycles. The number of anilines is 1. The Hall–Kier alpha value is -1.40. The van der Waals surface area contributed by atoms with E-state index in [0.29, 0.717) is 6.42 Å². The van der Waals surface area contributed by atoms with Crippen LogP contribution in [0.4, 0.5) is 5.82 Å². The summed E-state index contributed by atoms with van der Waals surface area (Å²) in [5.41, 5.74) is 4.89. The summed E-state index contributed by atoms with van der Waals surface area (Å²) in [5.74, 6) is 0.167. The number of hydrogen-bond donors (Lipinski definition) is 2. The number of ether oxygens (including phenoxy) is 1. The van der Waals surface area contributed by atoms with Gasteiger partial charge in [0.25, 0.3) is 0 Å². The molecule has 88 valence electrons. The van der Waals surface area contributed by atoms with Gasteiger partial charge in [-0.05, 0) is 12.5 Å². The van der Waals surface area contributed by atoms with E-state index in [1.165, 1.54) is 16.8 Å². The maximum absolute atomic E-state index is 11.5. The topological polar surface area (TPSA) is 90.4 Å². The predicted octanol–water partition coefficient (Wildman–Crippen LogP) is -0.116. The standard InChI is InChI=1S/C10H15N3O3/c1-2-6-5-7(14)9(16-6)13-4-3-8(11)12-10(13)15/h3-4,6-7,9,14H,2,5H2,1H3,(H2,11,12,15)/t6?,7-,9+/m0/s1. The summed E-state index contributed by atoms with van der Waals surface area (Å²) in [6, 6.07) is 1.51. The van der Waals surface area contributed by atoms with Crippen molar-refractivity contribution in [2.45, 2.75) is 38.2 Å². The SMILES string of the molecule is CCC1C[C@H](O)[C@H](n2ccc(N)nc2=O)O1. The van der Waals surface area contributed by atoms with Crippen molar-refractivity contribution in [3.8, 4) is 0 Å². The van der Waals surface area contributed by atoms with Gasteiger partial charge in [0.15, 0.2) is 6.23 Å². The average Bonchev–Trinajstić information content (AvgIpc) is 2.60. The van der Waals surface area contributed by atoms with Crippen LogP contribution in [-0.2, 0) is 4.74 Å². The minimum Gasteiger partial charge on any atom is -0.388 e. The maximum atomic E-state index is 11.5. The summed E-state index contributed by atoms with van der Waals surface area (Å²) >= 11 is 0. The first-order chi connectivity index (χ1) is 7.61. The Morgan fingerprint density at radius 3 is 3.06 bits per heavy atom. The monoisotopic (exact) mass is 225 g/mol. The van der Waals surface area contributed by atoms with Crippen LogP contribution in [0.25, 0.3) is 0 Å². The Balaban J connectivity index is 2.28. The van der Waals surface area contributed by atoms with Gasteiger partial charge in [-0.1, -0.05) is 6.92 Å². The lowest BCUT2D eigenvalue weighted by Gasteiger charge is -2.16. The van der Waals surface area contributed by atoms with Gasteiger partial charge in [-0.25, -0.2) is 4.79 Å². The molecule has 1 aromatic heterocycles. The van der Waals surface area contributed by atoms with Crippen LogP contribution >= 0.6 is 0 Å². The van der Waals surface area contributed by atoms with Gasteiger partial charge in [0.2, 0.25) is 0 Å². The lowest BCUT2D eigenvalue weighted by Crippen LogP contribution is -2.31. The van der Waals surface area contributed by atoms with Gasteiger partial charge in [-0.2, -0.15) is 4.98 Å². The fourth-order valence-corrected chi connectivity index (χ4v) is 1.86. The number of nitrogens with two attached hydrogens (primary N) is 1. The molecular formula is C10H15N3O3. The molecule has 0 bridgehead atoms. The van der Waals surface area contributed by atoms with Gasteiger partial charge in [0.1, 0.15) is 11.9 Å². The average molecular weight is 225 g/mol. The Kier molecular flexibility index (Phi) is 2.93. The molecule has 3 N–H and O–H groups in total. The van der Waals surface area contributed by atoms with Crippen molar-refractivity contribution in [1.29, 1.82) is 0 Å². The van der Waals surface area contributed by atoms with E-state index < -0.39 is 18.0 Å². The van der Waals surface area contributed by atoms with E-state index in [0.717, 1.165) is 6.42 Å². The van der Waals surface area contributed by atoms with Crippen molar-refractivity contribution in [3.63, 3.8) is 0 Å². The smallest absolute Gasteiger partial charge is 0.351 e. The van der Waals surface area contributed by atoms with Crippen LogP contribution in [0.1, 0.15) is 26.0 Å². The van der Waals surface area contributed by atoms with E-state index in [1.807, 2.05) is 6.92 Å². The number of hydrogen-bond acceptors (Lipinski definition) is 5. The molecule has 1 aromatic rings. The minimum atomic E-state index is -0.673. The number of rotatable bonds is 2. The van der Waals surface area contributed by atoms with Crippen LogP contribution in [0.3, 0.4) is 0 Å². The molecule has 1 aliphatic heterocycles. The molecule has 1 unspecified atom stereocenters. The second-order valence-electron chi connectivity index (χ2n) is 3.90. The molecular weight excluding hydrogens is 210 g/mol. The zero-order chi connectivity index (χ0) is 11.7. The fourth-order valence-electron chi connectivity index (χ4n) is 1.86. The van der Waals surface area contributed by atoms with Crippen molar-refractivity contribution >= 4 is 5.82 Å². The molecule has 1 fully saturated rings. The van der Waals surface area contributed by atoms with Crippen molar-refractivity contribution < 1.29 is 9.84 Å². The molecule has 16 heavy (non-hydrogen) atoms. The highest BCUT2D eigenvalue weighted by molar-refractivity contribution is 5.23. The van der Waals surface area contributed by atoms with E-state index in [2.05, 4.69) is 4.98 Å². The van der Waals surface area contributed by atoms with Gasteiger partial charge in [0, 0.05) is 12.6 Å². The first-order valence-electron chi connectivity index (χ1n) is 5.30. The number of aliphatic hydroxyl groups excluding tert-OH is 1. The molecule has 2 rings (SSSR count). The van der Waals surface area contributed by atoms with Crippen LogP contribution in [0, 0.1) is 0 Å². The Morgan fingerprint density at radius 2 is 2.50 bits per heavy atom. The minimum absolute atomic E-state index is 0.00977. The Morgan fingerprint density at radius 1 is 1.75 bits per heavy atom. The van der Waals surface area contributed by atoms with Gasteiger partial charge in [0.05, 0.1) is 6.10 Å². The van der Waals surface area contributed by atoms with Crippen LogP contribution < -0.4 is 11.4 Å². The fraction of sp³-hybridized carbons (Fsp3) is 0.600. The number of nitrogen functional groups attached to an aromatic ring is 1. The molecule has 0 aliphatic carbocycles. The van der Waals surface area contributed by atoms with Crippen molar-refractivity contribution in [3.05, 3.63) is 22.7 Å². The van der Waals surface area contributed by atoms with Crippen LogP contribution in [0.5, 0.6) is 0 Å². The third-order valence-corrected chi connectivity index (χ3v) is 2.75. The highest BCUT2D eigenvalue weighted by Crippen LogP contribution is 2.29. The first-order valence-corrected chi connectivity index (χ1v) is 5.30. The second kappa shape index (κ2) is 4.23. The van der Waals surface area contributed by atoms with Crippen LogP contribution in [-0.4, -0.2) is 26.9 Å². The maximum Gasteiger partial charge on any atom is 0.351 e. The Bertz CT molecular complexity index is 432. The van der Waals surface area contributed by atoms with Crippen molar-refractivity contribution in [1.82, 2.24) is 9.55 Å². The molecule has 6 nitrogen and oxygen atoms in total. The summed E-state index contributed by atoms with van der Waals surface area (Å²) < 4.78 is 6.84. The zero-order valence-corrected chi connectivity index (χ0v) is 9.04. The highest BCUT2D eigenvalue weighted by atomic mass is 16.5. The van der Waals surface area contributed by atoms with Gasteiger partial charge >= 0.3 is 5.69 Å².